The van der Waals surface area contributed by atoms with Gasteiger partial charge in [0.1, 0.15) is 17.6 Å². The van der Waals surface area contributed by atoms with Gasteiger partial charge in [-0.05, 0) is 31.5 Å². The topological polar surface area (TPSA) is 128 Å². The van der Waals surface area contributed by atoms with Gasteiger partial charge < -0.3 is 20.1 Å². The number of nitrogens with zero attached hydrogens (tertiary/aromatic N) is 5. The summed E-state index contributed by atoms with van der Waals surface area (Å²) in [4.78, 5) is 12.7. The lowest BCUT2D eigenvalue weighted by Gasteiger charge is -2.16. The van der Waals surface area contributed by atoms with E-state index in [0.29, 0.717) is 34.7 Å². The van der Waals surface area contributed by atoms with Gasteiger partial charge in [-0.3, -0.25) is 4.79 Å². The van der Waals surface area contributed by atoms with Crippen LogP contribution in [0.5, 0.6) is 0 Å². The summed E-state index contributed by atoms with van der Waals surface area (Å²) in [5.74, 6) is 8.29. The summed E-state index contributed by atoms with van der Waals surface area (Å²) in [5, 5.41) is 21.4. The number of amides is 1. The monoisotopic (exact) mass is 441 g/mol. The molecule has 0 atom stereocenters. The Hall–Kier alpha value is -3.19. The second-order valence-corrected chi connectivity index (χ2v) is 9.35. The Bertz CT molecular complexity index is 1110. The molecule has 0 bridgehead atoms. The third kappa shape index (κ3) is 4.77. The molecule has 0 radical (unpaired) electrons. The highest BCUT2D eigenvalue weighted by Crippen LogP contribution is 2.28. The van der Waals surface area contributed by atoms with Crippen LogP contribution >= 0.6 is 11.8 Å². The first-order valence-electron chi connectivity index (χ1n) is 9.89. The van der Waals surface area contributed by atoms with Gasteiger partial charge in [0.25, 0.3) is 0 Å². The van der Waals surface area contributed by atoms with Crippen LogP contribution in [0.2, 0.25) is 0 Å². The molecule has 0 unspecified atom stereocenters. The van der Waals surface area contributed by atoms with Crippen molar-refractivity contribution >= 4 is 23.5 Å². The molecule has 0 fully saturated rings. The van der Waals surface area contributed by atoms with Crippen LogP contribution in [-0.4, -0.2) is 31.1 Å². The molecule has 9 nitrogen and oxygen atoms in total. The molecular formula is C21H27N7O2S. The van der Waals surface area contributed by atoms with E-state index in [4.69, 9.17) is 10.3 Å². The third-order valence-electron chi connectivity index (χ3n) is 4.99. The van der Waals surface area contributed by atoms with E-state index >= 15 is 0 Å². The molecule has 1 amide bonds. The standard InChI is InChI=1S/C21H27N7O2S/c1-13-14(2)27(12-15-7-6-9-30-15)18(16(13)11-22)24-17(29)8-10-31-20-26-25-19(28(20)23)21(3,4)5/h6-7,9H,8,10,12,23H2,1-5H3,(H,24,29). The van der Waals surface area contributed by atoms with Crippen molar-refractivity contribution in [3.05, 3.63) is 46.8 Å². The van der Waals surface area contributed by atoms with Crippen molar-refractivity contribution in [3.63, 3.8) is 0 Å². The van der Waals surface area contributed by atoms with E-state index in [0.717, 1.165) is 17.0 Å². The fourth-order valence-corrected chi connectivity index (χ4v) is 4.00. The molecule has 0 aromatic carbocycles. The summed E-state index contributed by atoms with van der Waals surface area (Å²) < 4.78 is 8.80. The zero-order chi connectivity index (χ0) is 22.8. The van der Waals surface area contributed by atoms with Crippen molar-refractivity contribution < 1.29 is 9.21 Å². The molecule has 0 saturated carbocycles. The molecule has 3 rings (SSSR count). The molecule has 0 aliphatic rings. The van der Waals surface area contributed by atoms with Gasteiger partial charge >= 0.3 is 0 Å². The fourth-order valence-electron chi connectivity index (χ4n) is 3.20. The zero-order valence-corrected chi connectivity index (χ0v) is 19.2. The first-order chi connectivity index (χ1) is 14.6. The van der Waals surface area contributed by atoms with Crippen molar-refractivity contribution in [3.8, 4) is 6.07 Å². The molecule has 10 heteroatoms. The summed E-state index contributed by atoms with van der Waals surface area (Å²) in [6.07, 6.45) is 1.83. The van der Waals surface area contributed by atoms with Crippen LogP contribution in [0.3, 0.4) is 0 Å². The molecule has 0 saturated heterocycles. The summed E-state index contributed by atoms with van der Waals surface area (Å²) >= 11 is 1.37. The highest BCUT2D eigenvalue weighted by Gasteiger charge is 2.23. The van der Waals surface area contributed by atoms with E-state index in [2.05, 4.69) is 21.6 Å². The Morgan fingerprint density at radius 2 is 2.10 bits per heavy atom. The molecule has 31 heavy (non-hydrogen) atoms. The number of thioether (sulfide) groups is 1. The third-order valence-corrected chi connectivity index (χ3v) is 5.93. The number of nitrogens with two attached hydrogens (primary N) is 1. The highest BCUT2D eigenvalue weighted by atomic mass is 32.2. The molecule has 3 heterocycles. The number of hydrogen-bond acceptors (Lipinski definition) is 7. The zero-order valence-electron chi connectivity index (χ0n) is 18.4. The summed E-state index contributed by atoms with van der Waals surface area (Å²) in [6.45, 7) is 10.3. The SMILES string of the molecule is Cc1c(C#N)c(NC(=O)CCSc2nnc(C(C)(C)C)n2N)n(Cc2ccco2)c1C. The van der Waals surface area contributed by atoms with Crippen LogP contribution < -0.4 is 11.2 Å². The predicted octanol–water partition coefficient (Wildman–Crippen LogP) is 3.34. The fraction of sp³-hybridized carbons (Fsp3) is 0.429. The van der Waals surface area contributed by atoms with E-state index in [1.807, 2.05) is 51.3 Å². The average Bonchev–Trinajstić information content (AvgIpc) is 3.39. The summed E-state index contributed by atoms with van der Waals surface area (Å²) in [5.41, 5.74) is 1.98. The Kier molecular flexibility index (Phi) is 6.45. The Labute approximate surface area is 185 Å². The maximum atomic E-state index is 12.7. The van der Waals surface area contributed by atoms with Gasteiger partial charge in [0, 0.05) is 23.3 Å². The minimum absolute atomic E-state index is 0.193. The van der Waals surface area contributed by atoms with Crippen molar-refractivity contribution in [1.82, 2.24) is 19.4 Å². The normalized spacial score (nSPS) is 11.5. The maximum Gasteiger partial charge on any atom is 0.226 e. The van der Waals surface area contributed by atoms with Crippen molar-refractivity contribution in [2.75, 3.05) is 16.9 Å². The summed E-state index contributed by atoms with van der Waals surface area (Å²) in [7, 11) is 0. The predicted molar refractivity (Wildman–Crippen MR) is 119 cm³/mol. The number of furan rings is 1. The van der Waals surface area contributed by atoms with E-state index in [-0.39, 0.29) is 17.7 Å². The number of carbonyl (C=O) groups excluding carboxylic acids is 1. The van der Waals surface area contributed by atoms with Gasteiger partial charge in [0.05, 0.1) is 18.4 Å². The largest absolute Gasteiger partial charge is 0.467 e. The quantitative estimate of drug-likeness (QED) is 0.425. The molecule has 164 valence electrons. The molecular weight excluding hydrogens is 414 g/mol. The van der Waals surface area contributed by atoms with Crippen LogP contribution in [0, 0.1) is 25.2 Å². The second kappa shape index (κ2) is 8.89. The van der Waals surface area contributed by atoms with E-state index in [1.165, 1.54) is 16.4 Å². The Morgan fingerprint density at radius 1 is 1.35 bits per heavy atom. The molecule has 0 aliphatic heterocycles. The molecule has 0 aliphatic carbocycles. The van der Waals surface area contributed by atoms with E-state index < -0.39 is 0 Å². The van der Waals surface area contributed by atoms with Crippen LogP contribution in [-0.2, 0) is 16.8 Å². The van der Waals surface area contributed by atoms with E-state index in [9.17, 15) is 10.1 Å². The number of nitrogen functional groups attached to an aromatic ring is 1. The summed E-state index contributed by atoms with van der Waals surface area (Å²) in [6, 6.07) is 5.87. The molecule has 3 aromatic heterocycles. The van der Waals surface area contributed by atoms with E-state index in [1.54, 1.807) is 6.26 Å². The van der Waals surface area contributed by atoms with Gasteiger partial charge in [-0.2, -0.15) is 5.26 Å². The smallest absolute Gasteiger partial charge is 0.226 e. The molecule has 3 N–H and O–H groups in total. The van der Waals surface area contributed by atoms with Crippen LogP contribution in [0.25, 0.3) is 0 Å². The maximum absolute atomic E-state index is 12.7. The van der Waals surface area contributed by atoms with Gasteiger partial charge in [0.15, 0.2) is 5.82 Å². The highest BCUT2D eigenvalue weighted by molar-refractivity contribution is 7.99. The lowest BCUT2D eigenvalue weighted by Crippen LogP contribution is -2.24. The number of anilines is 1. The first-order valence-corrected chi connectivity index (χ1v) is 10.9. The number of rotatable bonds is 7. The lowest BCUT2D eigenvalue weighted by atomic mass is 9.96. The minimum Gasteiger partial charge on any atom is -0.467 e. The second-order valence-electron chi connectivity index (χ2n) is 8.28. The van der Waals surface area contributed by atoms with Gasteiger partial charge in [0.2, 0.25) is 11.1 Å². The van der Waals surface area contributed by atoms with Crippen molar-refractivity contribution in [1.29, 1.82) is 5.26 Å². The first kappa shape index (κ1) is 22.5. The van der Waals surface area contributed by atoms with Gasteiger partial charge in [-0.25, -0.2) is 4.68 Å². The van der Waals surface area contributed by atoms with Crippen LogP contribution in [0.4, 0.5) is 5.82 Å². The number of carbonyl (C=O) groups is 1. The van der Waals surface area contributed by atoms with Gasteiger partial charge in [-0.15, -0.1) is 10.2 Å². The van der Waals surface area contributed by atoms with Crippen LogP contribution in [0.1, 0.15) is 55.6 Å². The lowest BCUT2D eigenvalue weighted by molar-refractivity contribution is -0.115. The number of nitriles is 1. The molecule has 0 spiro atoms. The minimum atomic E-state index is -0.221. The number of aromatic nitrogens is 4. The molecule has 3 aromatic rings. The Balaban J connectivity index is 1.69. The van der Waals surface area contributed by atoms with Crippen LogP contribution in [0.15, 0.2) is 28.0 Å². The van der Waals surface area contributed by atoms with Crippen molar-refractivity contribution in [2.24, 2.45) is 0 Å². The number of hydrogen-bond donors (Lipinski definition) is 2. The van der Waals surface area contributed by atoms with Crippen molar-refractivity contribution in [2.45, 2.75) is 58.2 Å². The average molecular weight is 442 g/mol. The van der Waals surface area contributed by atoms with Gasteiger partial charge in [-0.1, -0.05) is 32.5 Å². The Morgan fingerprint density at radius 3 is 2.68 bits per heavy atom. The number of nitrogens with one attached hydrogen (secondary N) is 1.